The molecule has 0 fully saturated rings. The fraction of sp³-hybridized carbons (Fsp3) is 0.364. The molecule has 3 aromatic heterocycles. The molecule has 4 unspecified atom stereocenters. The molecule has 2 aliphatic rings. The summed E-state index contributed by atoms with van der Waals surface area (Å²) in [6.07, 6.45) is 27.2. The maximum atomic E-state index is 11.9. The highest BCUT2D eigenvalue weighted by Gasteiger charge is 2.26. The predicted molar refractivity (Wildman–Crippen MR) is 409 cm³/mol. The molecule has 0 amide bonds. The second-order valence-corrected chi connectivity index (χ2v) is 26.4. The molecule has 0 radical (unpaired) electrons. The first kappa shape index (κ1) is 71.9. The van der Waals surface area contributed by atoms with Crippen LogP contribution in [0.15, 0.2) is 145 Å². The van der Waals surface area contributed by atoms with Crippen LogP contribution in [0.5, 0.6) is 23.0 Å². The fourth-order valence-electron chi connectivity index (χ4n) is 13.2. The van der Waals surface area contributed by atoms with E-state index in [0.29, 0.717) is 83.7 Å². The first-order valence-electron chi connectivity index (χ1n) is 36.6. The summed E-state index contributed by atoms with van der Waals surface area (Å²) in [5.41, 5.74) is 14.5. The van der Waals surface area contributed by atoms with Crippen molar-refractivity contribution in [3.63, 3.8) is 0 Å². The van der Waals surface area contributed by atoms with Crippen LogP contribution >= 0.6 is 0 Å². The van der Waals surface area contributed by atoms with Gasteiger partial charge in [0.25, 0.3) is 0 Å². The summed E-state index contributed by atoms with van der Waals surface area (Å²) in [6.45, 7) is 20.3. The van der Waals surface area contributed by atoms with Crippen LogP contribution in [0.25, 0.3) is 97.0 Å². The summed E-state index contributed by atoms with van der Waals surface area (Å²) in [7, 11) is 0. The number of rotatable bonds is 34. The molecule has 3 N–H and O–H groups in total. The van der Waals surface area contributed by atoms with E-state index in [1.807, 2.05) is 24.3 Å². The van der Waals surface area contributed by atoms with E-state index >= 15 is 0 Å². The Kier molecular flexibility index (Phi) is 26.2. The second-order valence-electron chi connectivity index (χ2n) is 26.4. The molecule has 0 saturated heterocycles. The molecule has 8 bridgehead atoms. The van der Waals surface area contributed by atoms with Gasteiger partial charge in [-0.3, -0.25) is 0 Å². The molecule has 11 nitrogen and oxygen atoms in total. The predicted octanol–water partition coefficient (Wildman–Crippen LogP) is 23.1. The minimum atomic E-state index is -1.29. The summed E-state index contributed by atoms with van der Waals surface area (Å²) in [4.78, 5) is 31.7. The van der Waals surface area contributed by atoms with E-state index in [0.717, 1.165) is 198 Å². The number of H-pyrrole nitrogens is 2. The zero-order valence-corrected chi connectivity index (χ0v) is 59.4. The number of aromatic amines is 2. The third-order valence-electron chi connectivity index (χ3n) is 19.5. The van der Waals surface area contributed by atoms with Gasteiger partial charge in [-0.1, -0.05) is 229 Å². The molecule has 512 valence electrons. The summed E-state index contributed by atoms with van der Waals surface area (Å²) in [5.74, 6) is 10.4. The van der Waals surface area contributed by atoms with Crippen molar-refractivity contribution >= 4 is 58.4 Å². The minimum Gasteiger partial charge on any atom is -0.493 e. The van der Waals surface area contributed by atoms with Gasteiger partial charge in [0.15, 0.2) is 0 Å². The monoisotopic (exact) mass is 1320 g/mol. The number of hydrogen-bond donors (Lipinski definition) is 3. The highest BCUT2D eigenvalue weighted by molar-refractivity contribution is 6.03. The van der Waals surface area contributed by atoms with Crippen LogP contribution in [0.4, 0.5) is 0 Å². The van der Waals surface area contributed by atoms with Crippen LogP contribution in [0, 0.1) is 46.8 Å². The van der Waals surface area contributed by atoms with Gasteiger partial charge < -0.3 is 34.0 Å². The Labute approximate surface area is 587 Å². The Hall–Kier alpha value is -9.84. The van der Waals surface area contributed by atoms with Crippen LogP contribution in [-0.2, 0) is 4.79 Å². The average Bonchev–Trinajstić information content (AvgIpc) is 1.61. The van der Waals surface area contributed by atoms with Gasteiger partial charge in [-0.15, -0.1) is 0 Å². The number of nitriles is 1. The molecule has 5 aromatic carbocycles. The highest BCUT2D eigenvalue weighted by Crippen LogP contribution is 2.45. The van der Waals surface area contributed by atoms with Gasteiger partial charge in [0.1, 0.15) is 34.6 Å². The molecule has 2 aliphatic heterocycles. The van der Waals surface area contributed by atoms with Gasteiger partial charge in [0, 0.05) is 61.1 Å². The number of aliphatic carboxylic acids is 1. The van der Waals surface area contributed by atoms with Crippen LogP contribution in [0.3, 0.4) is 0 Å². The SMILES string of the molecule is CCCCC(CC)COc1ccccc1-c1c2nc(c(-c3ccccc3OCC(CC)CCCC)c3cc(C#Cc4ccc(/C=C(/C#N)C(=O)O)cc4)c([nH]3)c(-c3ccccc3OCC(CC)CCCC)c3nc(c(-c4ccccc4OCC(CC)CCCC)c4ccc1[nH]4)C=C3)C=C2. The van der Waals surface area contributed by atoms with Gasteiger partial charge in [0.2, 0.25) is 0 Å². The molecule has 5 heterocycles. The number of nitrogens with zero attached hydrogens (tertiary/aromatic N) is 3. The maximum absolute atomic E-state index is 11.9. The summed E-state index contributed by atoms with van der Waals surface area (Å²) < 4.78 is 28.2. The number of nitrogens with one attached hydrogen (secondary N) is 2. The van der Waals surface area contributed by atoms with E-state index in [4.69, 9.17) is 28.9 Å². The molecule has 10 rings (SSSR count). The topological polar surface area (TPSA) is 155 Å². The zero-order chi connectivity index (χ0) is 69.5. The smallest absolute Gasteiger partial charge is 0.346 e. The van der Waals surface area contributed by atoms with Crippen molar-refractivity contribution in [3.05, 3.63) is 185 Å². The van der Waals surface area contributed by atoms with Gasteiger partial charge in [-0.2, -0.15) is 5.26 Å². The molecule has 99 heavy (non-hydrogen) atoms. The third kappa shape index (κ3) is 18.1. The van der Waals surface area contributed by atoms with E-state index in [9.17, 15) is 15.2 Å². The minimum absolute atomic E-state index is 0.354. The van der Waals surface area contributed by atoms with Crippen LogP contribution in [0.1, 0.15) is 198 Å². The Morgan fingerprint density at radius 2 is 0.808 bits per heavy atom. The lowest BCUT2D eigenvalue weighted by atomic mass is 9.99. The van der Waals surface area contributed by atoms with E-state index in [2.05, 4.69) is 205 Å². The Morgan fingerprint density at radius 3 is 1.16 bits per heavy atom. The molecule has 0 aliphatic carbocycles. The lowest BCUT2D eigenvalue weighted by molar-refractivity contribution is -0.132. The average molecular weight is 1320 g/mol. The van der Waals surface area contributed by atoms with Gasteiger partial charge in [-0.05, 0) is 140 Å². The first-order chi connectivity index (χ1) is 48.5. The van der Waals surface area contributed by atoms with E-state index in [1.165, 1.54) is 6.08 Å². The van der Waals surface area contributed by atoms with Crippen molar-refractivity contribution in [2.45, 2.75) is 158 Å². The van der Waals surface area contributed by atoms with Gasteiger partial charge >= 0.3 is 5.97 Å². The summed E-state index contributed by atoms with van der Waals surface area (Å²) in [6, 6.07) is 48.9. The fourth-order valence-corrected chi connectivity index (χ4v) is 13.2. The second kappa shape index (κ2) is 36.1. The van der Waals surface area contributed by atoms with Crippen molar-refractivity contribution in [2.75, 3.05) is 26.4 Å². The van der Waals surface area contributed by atoms with Gasteiger partial charge in [-0.25, -0.2) is 14.8 Å². The van der Waals surface area contributed by atoms with Gasteiger partial charge in [0.05, 0.1) is 65.8 Å². The molecule has 0 spiro atoms. The van der Waals surface area contributed by atoms with Crippen LogP contribution < -0.4 is 18.9 Å². The quantitative estimate of drug-likeness (QED) is 0.0203. The van der Waals surface area contributed by atoms with Crippen molar-refractivity contribution in [1.29, 1.82) is 5.26 Å². The number of aromatic nitrogens is 4. The Bertz CT molecular complexity index is 4430. The van der Waals surface area contributed by atoms with E-state index in [1.54, 1.807) is 18.2 Å². The van der Waals surface area contributed by atoms with E-state index < -0.39 is 5.97 Å². The van der Waals surface area contributed by atoms with Crippen LogP contribution in [0.2, 0.25) is 0 Å². The maximum Gasteiger partial charge on any atom is 0.346 e. The number of para-hydroxylation sites is 4. The first-order valence-corrected chi connectivity index (χ1v) is 36.6. The number of ether oxygens (including phenoxy) is 4. The number of benzene rings is 5. The molecular weight excluding hydrogens is 1220 g/mol. The van der Waals surface area contributed by atoms with Crippen molar-refractivity contribution < 1.29 is 28.8 Å². The van der Waals surface area contributed by atoms with E-state index in [-0.39, 0.29) is 5.57 Å². The molecular formula is C88H99N5O6. The number of fused-ring (bicyclic) bond motifs is 8. The van der Waals surface area contributed by atoms with Crippen molar-refractivity contribution in [1.82, 2.24) is 19.9 Å². The Balaban J connectivity index is 1.36. The number of carboxylic acid groups (broad SMARTS) is 1. The highest BCUT2D eigenvalue weighted by atomic mass is 16.5. The lowest BCUT2D eigenvalue weighted by Gasteiger charge is -2.18. The number of carboxylic acids is 1. The molecule has 8 aromatic rings. The zero-order valence-electron chi connectivity index (χ0n) is 59.4. The third-order valence-corrected chi connectivity index (χ3v) is 19.5. The lowest BCUT2D eigenvalue weighted by Crippen LogP contribution is -2.12. The van der Waals surface area contributed by atoms with Crippen LogP contribution in [-0.4, -0.2) is 57.4 Å². The normalized spacial score (nSPS) is 13.1. The number of unbranched alkanes of at least 4 members (excludes halogenated alkanes) is 4. The number of carbonyl (C=O) groups is 1. The molecule has 4 atom stereocenters. The molecule has 11 heteroatoms. The number of hydrogen-bond acceptors (Lipinski definition) is 8. The van der Waals surface area contributed by atoms with Crippen molar-refractivity contribution in [2.24, 2.45) is 23.7 Å². The summed E-state index contributed by atoms with van der Waals surface area (Å²) >= 11 is 0. The molecule has 0 saturated carbocycles. The largest absolute Gasteiger partial charge is 0.493 e. The Morgan fingerprint density at radius 1 is 0.455 bits per heavy atom. The summed E-state index contributed by atoms with van der Waals surface area (Å²) in [5, 5.41) is 19.3. The van der Waals surface area contributed by atoms with Crippen molar-refractivity contribution in [3.8, 4) is 85.4 Å². The standard InChI is InChI=1S/C88H99N5O6/c1-9-17-29-60(13-5)56-96-79-37-25-21-33-68(79)83-72-47-48-73(90-72)84(69-34-22-26-38-80(69)97-57-61(14-6)30-18-10-2)75-51-52-77(92-75)86(71-36-24-28-40-82(71)99-59-63(16-8)32-20-12-4)87-66(46-45-64-41-43-65(44-42-64)53-67(55-89)88(94)95)54-78(93-87)85(76-50-49-74(83)91-76)70-35-23-27-39-81(70)98-58-62(15-7)31-19-11-3/h21-28,33-44,47-54,60-63,90,93H,9-20,29-32,56-59H2,1-8H3,(H,94,95)/b67-53-,83-72?,83-74?,84-73?,84-75?,85-76?,85-78?,86-77?,87-86?.